The lowest BCUT2D eigenvalue weighted by molar-refractivity contribution is -0.131. The second-order valence-electron chi connectivity index (χ2n) is 7.22. The molecule has 0 spiro atoms. The Morgan fingerprint density at radius 1 is 1.18 bits per heavy atom. The van der Waals surface area contributed by atoms with Crippen molar-refractivity contribution in [3.05, 3.63) is 57.2 Å². The number of ether oxygens (including phenoxy) is 1. The number of Topliss-reactive ketones (excluding diaryl/α,β-unsaturated/α-hetero) is 1. The van der Waals surface area contributed by atoms with Crippen LogP contribution in [0.3, 0.4) is 0 Å². The lowest BCUT2D eigenvalue weighted by Crippen LogP contribution is -2.41. The van der Waals surface area contributed by atoms with Crippen molar-refractivity contribution >= 4 is 60.0 Å². The second kappa shape index (κ2) is 7.07. The molecule has 4 atom stereocenters. The number of nitrogens with zero attached hydrogens (tertiary/aromatic N) is 2. The number of halogens is 2. The number of hydrogen-bond donors (Lipinski definition) is 0. The molecule has 0 radical (unpaired) electrons. The molecule has 4 unspecified atom stereocenters. The molecule has 1 aromatic carbocycles. The second-order valence-corrected chi connectivity index (χ2v) is 10.3. The summed E-state index contributed by atoms with van der Waals surface area (Å²) < 4.78 is 7.10. The highest BCUT2D eigenvalue weighted by molar-refractivity contribution is 9.10. The molecular weight excluding hydrogens is 508 g/mol. The van der Waals surface area contributed by atoms with Crippen molar-refractivity contribution in [1.29, 1.82) is 0 Å². The SMILES string of the molecule is O=C1C2=C(OC3CCC(Br)CC13)C(=O)N(c1nccs1)C2c1ccc(Br)cc1. The molecule has 28 heavy (non-hydrogen) atoms. The maximum atomic E-state index is 13.5. The molecule has 3 heterocycles. The lowest BCUT2D eigenvalue weighted by atomic mass is 9.77. The molecule has 0 N–H and O–H groups in total. The van der Waals surface area contributed by atoms with Gasteiger partial charge in [-0.05, 0) is 37.0 Å². The first-order chi connectivity index (χ1) is 13.5. The van der Waals surface area contributed by atoms with Gasteiger partial charge < -0.3 is 4.74 Å². The van der Waals surface area contributed by atoms with Crippen LogP contribution in [0.5, 0.6) is 0 Å². The standard InChI is InChI=1S/C20H16Br2N2O3S/c21-11-3-1-10(2-4-11)16-15-17(25)13-9-12(22)5-6-14(13)27-18(15)19(26)24(16)20-23-7-8-28-20/h1-4,7-8,12-14,16H,5-6,9H2. The molecule has 2 aliphatic heterocycles. The van der Waals surface area contributed by atoms with Crippen LogP contribution in [0.1, 0.15) is 30.9 Å². The summed E-state index contributed by atoms with van der Waals surface area (Å²) in [5.74, 6) is -0.234. The Bertz CT molecular complexity index is 974. The van der Waals surface area contributed by atoms with Crippen molar-refractivity contribution < 1.29 is 14.3 Å². The maximum absolute atomic E-state index is 13.5. The highest BCUT2D eigenvalue weighted by atomic mass is 79.9. The van der Waals surface area contributed by atoms with Gasteiger partial charge in [-0.15, -0.1) is 11.3 Å². The highest BCUT2D eigenvalue weighted by Crippen LogP contribution is 2.49. The minimum Gasteiger partial charge on any atom is -0.483 e. The number of carbonyl (C=O) groups is 2. The molecule has 5 rings (SSSR count). The molecule has 5 nitrogen and oxygen atoms in total. The molecular formula is C20H16Br2N2O3S. The van der Waals surface area contributed by atoms with Crippen LogP contribution >= 0.6 is 43.2 Å². The van der Waals surface area contributed by atoms with E-state index >= 15 is 0 Å². The van der Waals surface area contributed by atoms with Crippen LogP contribution in [0.15, 0.2) is 51.6 Å². The van der Waals surface area contributed by atoms with E-state index in [1.165, 1.54) is 11.3 Å². The van der Waals surface area contributed by atoms with E-state index in [0.717, 1.165) is 29.3 Å². The minimum atomic E-state index is -0.508. The summed E-state index contributed by atoms with van der Waals surface area (Å²) in [4.78, 5) is 33.1. The van der Waals surface area contributed by atoms with Crippen LogP contribution in [0.25, 0.3) is 0 Å². The van der Waals surface area contributed by atoms with Crippen LogP contribution in [-0.4, -0.2) is 27.6 Å². The Morgan fingerprint density at radius 3 is 2.68 bits per heavy atom. The van der Waals surface area contributed by atoms with Crippen LogP contribution in [0, 0.1) is 5.92 Å². The molecule has 1 amide bonds. The molecule has 144 valence electrons. The number of ketones is 1. The average Bonchev–Trinajstić information content (AvgIpc) is 3.30. The number of alkyl halides is 1. The molecule has 0 bridgehead atoms. The molecule has 0 saturated heterocycles. The van der Waals surface area contributed by atoms with E-state index < -0.39 is 6.04 Å². The number of hydrogen-bond acceptors (Lipinski definition) is 5. The number of benzene rings is 1. The van der Waals surface area contributed by atoms with E-state index in [-0.39, 0.29) is 29.5 Å². The van der Waals surface area contributed by atoms with E-state index in [0.29, 0.717) is 15.5 Å². The Balaban J connectivity index is 1.64. The lowest BCUT2D eigenvalue weighted by Gasteiger charge is -2.37. The Kier molecular flexibility index (Phi) is 4.68. The van der Waals surface area contributed by atoms with E-state index in [1.54, 1.807) is 11.1 Å². The van der Waals surface area contributed by atoms with Gasteiger partial charge in [0.15, 0.2) is 16.7 Å². The van der Waals surface area contributed by atoms with Gasteiger partial charge in [-0.25, -0.2) is 4.98 Å². The van der Waals surface area contributed by atoms with Gasteiger partial charge in [0.1, 0.15) is 6.10 Å². The molecule has 3 aliphatic rings. The zero-order chi connectivity index (χ0) is 19.4. The molecule has 8 heteroatoms. The molecule has 1 aliphatic carbocycles. The number of rotatable bonds is 2. The molecule has 2 aromatic rings. The number of anilines is 1. The van der Waals surface area contributed by atoms with Gasteiger partial charge in [0.25, 0.3) is 5.91 Å². The Hall–Kier alpha value is -1.51. The van der Waals surface area contributed by atoms with Crippen LogP contribution < -0.4 is 4.90 Å². The number of carbonyl (C=O) groups excluding carboxylic acids is 2. The van der Waals surface area contributed by atoms with Crippen molar-refractivity contribution in [2.24, 2.45) is 5.92 Å². The molecule has 1 fully saturated rings. The summed E-state index contributed by atoms with van der Waals surface area (Å²) in [5.41, 5.74) is 1.35. The van der Waals surface area contributed by atoms with Crippen molar-refractivity contribution in [3.63, 3.8) is 0 Å². The average molecular weight is 524 g/mol. The van der Waals surface area contributed by atoms with Crippen molar-refractivity contribution in [2.45, 2.75) is 36.2 Å². The van der Waals surface area contributed by atoms with E-state index in [9.17, 15) is 9.59 Å². The number of amides is 1. The van der Waals surface area contributed by atoms with Crippen LogP contribution in [0.2, 0.25) is 0 Å². The molecule has 1 saturated carbocycles. The molecule has 1 aromatic heterocycles. The van der Waals surface area contributed by atoms with Crippen LogP contribution in [-0.2, 0) is 14.3 Å². The first-order valence-corrected chi connectivity index (χ1v) is 11.7. The van der Waals surface area contributed by atoms with Gasteiger partial charge in [-0.2, -0.15) is 0 Å². The summed E-state index contributed by atoms with van der Waals surface area (Å²) >= 11 is 8.49. The predicted molar refractivity (Wildman–Crippen MR) is 113 cm³/mol. The summed E-state index contributed by atoms with van der Waals surface area (Å²) in [6.07, 6.45) is 3.90. The third-order valence-corrected chi connectivity index (χ3v) is 7.73. The van der Waals surface area contributed by atoms with E-state index in [2.05, 4.69) is 36.8 Å². The van der Waals surface area contributed by atoms with E-state index in [1.807, 2.05) is 29.6 Å². The van der Waals surface area contributed by atoms with Gasteiger partial charge in [-0.3, -0.25) is 14.5 Å². The van der Waals surface area contributed by atoms with Gasteiger partial charge >= 0.3 is 0 Å². The van der Waals surface area contributed by atoms with Gasteiger partial charge in [0.05, 0.1) is 17.5 Å². The fourth-order valence-corrected chi connectivity index (χ4v) is 5.91. The van der Waals surface area contributed by atoms with E-state index in [4.69, 9.17) is 4.74 Å². The van der Waals surface area contributed by atoms with Crippen molar-refractivity contribution in [1.82, 2.24) is 4.98 Å². The smallest absolute Gasteiger partial charge is 0.296 e. The first kappa shape index (κ1) is 18.5. The maximum Gasteiger partial charge on any atom is 0.296 e. The van der Waals surface area contributed by atoms with Gasteiger partial charge in [0.2, 0.25) is 0 Å². The highest BCUT2D eigenvalue weighted by Gasteiger charge is 2.53. The number of aromatic nitrogens is 1. The fraction of sp³-hybridized carbons (Fsp3) is 0.350. The zero-order valence-corrected chi connectivity index (χ0v) is 18.7. The third kappa shape index (κ3) is 2.88. The fourth-order valence-electron chi connectivity index (χ4n) is 4.31. The number of fused-ring (bicyclic) bond motifs is 1. The van der Waals surface area contributed by atoms with Crippen molar-refractivity contribution in [2.75, 3.05) is 4.90 Å². The summed E-state index contributed by atoms with van der Waals surface area (Å²) in [7, 11) is 0. The first-order valence-electron chi connectivity index (χ1n) is 9.12. The van der Waals surface area contributed by atoms with Gasteiger partial charge in [-0.1, -0.05) is 44.0 Å². The quantitative estimate of drug-likeness (QED) is 0.531. The van der Waals surface area contributed by atoms with Gasteiger partial charge in [0, 0.05) is 20.9 Å². The third-order valence-electron chi connectivity index (χ3n) is 5.59. The monoisotopic (exact) mass is 522 g/mol. The Labute approximate surface area is 183 Å². The zero-order valence-electron chi connectivity index (χ0n) is 14.7. The van der Waals surface area contributed by atoms with Crippen LogP contribution in [0.4, 0.5) is 5.13 Å². The summed E-state index contributed by atoms with van der Waals surface area (Å²) in [6.45, 7) is 0. The Morgan fingerprint density at radius 2 is 1.96 bits per heavy atom. The topological polar surface area (TPSA) is 59.5 Å². The largest absolute Gasteiger partial charge is 0.483 e. The van der Waals surface area contributed by atoms with Crippen molar-refractivity contribution in [3.8, 4) is 0 Å². The predicted octanol–water partition coefficient (Wildman–Crippen LogP) is 4.78. The normalized spacial score (nSPS) is 29.6. The number of thiazole rings is 1. The minimum absolute atomic E-state index is 0.0377. The summed E-state index contributed by atoms with van der Waals surface area (Å²) in [5, 5.41) is 2.40. The summed E-state index contributed by atoms with van der Waals surface area (Å²) in [6, 6.07) is 7.21.